The normalized spacial score (nSPS) is 24.6. The first-order chi connectivity index (χ1) is 7.92. The average molecular weight is 257 g/mol. The molecular formula is C10H15N3O3S. The van der Waals surface area contributed by atoms with Crippen molar-refractivity contribution in [1.29, 1.82) is 0 Å². The Morgan fingerprint density at radius 2 is 2.18 bits per heavy atom. The van der Waals surface area contributed by atoms with Crippen molar-refractivity contribution in [3.05, 3.63) is 12.0 Å². The Morgan fingerprint density at radius 1 is 1.53 bits per heavy atom. The van der Waals surface area contributed by atoms with Crippen LogP contribution in [0.2, 0.25) is 0 Å². The van der Waals surface area contributed by atoms with E-state index in [0.29, 0.717) is 5.82 Å². The van der Waals surface area contributed by atoms with Crippen molar-refractivity contribution in [3.63, 3.8) is 0 Å². The molecule has 3 rings (SSSR count). The zero-order chi connectivity index (χ0) is 12.3. The van der Waals surface area contributed by atoms with Crippen LogP contribution in [0.1, 0.15) is 18.7 Å². The molecule has 1 saturated heterocycles. The van der Waals surface area contributed by atoms with E-state index in [2.05, 4.69) is 9.97 Å². The molecule has 2 N–H and O–H groups in total. The van der Waals surface area contributed by atoms with E-state index in [1.54, 1.807) is 6.92 Å². The van der Waals surface area contributed by atoms with Gasteiger partial charge in [0.25, 0.3) is 10.0 Å². The number of aliphatic hydroxyl groups is 1. The predicted octanol–water partition coefficient (Wildman–Crippen LogP) is -0.136. The van der Waals surface area contributed by atoms with Crippen molar-refractivity contribution in [3.8, 4) is 0 Å². The van der Waals surface area contributed by atoms with Gasteiger partial charge in [-0.05, 0) is 25.7 Å². The van der Waals surface area contributed by atoms with Gasteiger partial charge in [0.1, 0.15) is 5.82 Å². The molecule has 0 bridgehead atoms. The number of H-pyrrole nitrogens is 1. The van der Waals surface area contributed by atoms with E-state index in [4.69, 9.17) is 0 Å². The fourth-order valence-electron chi connectivity index (χ4n) is 2.28. The lowest BCUT2D eigenvalue weighted by Crippen LogP contribution is -2.64. The van der Waals surface area contributed by atoms with Gasteiger partial charge in [-0.25, -0.2) is 13.4 Å². The summed E-state index contributed by atoms with van der Waals surface area (Å²) >= 11 is 0. The molecule has 2 heterocycles. The minimum absolute atomic E-state index is 0.104. The summed E-state index contributed by atoms with van der Waals surface area (Å²) in [7, 11) is -3.50. The standard InChI is InChI=1S/C10H15N3O3S/c1-7-11-4-9(12-7)17(15,16)13-5-10(14,6-13)8-2-3-8/h4,8,14H,2-3,5-6H2,1H3,(H,11,12). The molecule has 0 radical (unpaired) electrons. The van der Waals surface area contributed by atoms with E-state index < -0.39 is 15.6 Å². The molecule has 0 atom stereocenters. The highest BCUT2D eigenvalue weighted by atomic mass is 32.2. The van der Waals surface area contributed by atoms with Crippen LogP contribution in [0.15, 0.2) is 11.2 Å². The number of rotatable bonds is 3. The van der Waals surface area contributed by atoms with Crippen LogP contribution in [-0.2, 0) is 10.0 Å². The van der Waals surface area contributed by atoms with Crippen molar-refractivity contribution in [2.45, 2.75) is 30.4 Å². The second kappa shape index (κ2) is 3.30. The number of aryl methyl sites for hydroxylation is 1. The first-order valence-corrected chi connectivity index (χ1v) is 7.10. The highest BCUT2D eigenvalue weighted by Crippen LogP contribution is 2.45. The molecule has 94 valence electrons. The third-order valence-corrected chi connectivity index (χ3v) is 5.24. The van der Waals surface area contributed by atoms with E-state index in [1.165, 1.54) is 10.5 Å². The van der Waals surface area contributed by atoms with Crippen LogP contribution in [0, 0.1) is 12.8 Å². The number of β-amino-alcohol motifs (C(OH)–C–C–N with tert-alkyl or cyclic N) is 1. The van der Waals surface area contributed by atoms with Crippen LogP contribution in [0.4, 0.5) is 0 Å². The molecule has 0 amide bonds. The minimum Gasteiger partial charge on any atom is -0.387 e. The number of aromatic amines is 1. The van der Waals surface area contributed by atoms with E-state index in [9.17, 15) is 13.5 Å². The summed E-state index contributed by atoms with van der Waals surface area (Å²) in [5.41, 5.74) is -0.790. The molecule has 1 aromatic heterocycles. The van der Waals surface area contributed by atoms with Crippen LogP contribution >= 0.6 is 0 Å². The van der Waals surface area contributed by atoms with Gasteiger partial charge in [0, 0.05) is 13.1 Å². The number of hydrogen-bond donors (Lipinski definition) is 2. The quantitative estimate of drug-likeness (QED) is 0.789. The van der Waals surface area contributed by atoms with Gasteiger partial charge in [-0.1, -0.05) is 0 Å². The number of nitrogens with one attached hydrogen (secondary N) is 1. The van der Waals surface area contributed by atoms with Crippen molar-refractivity contribution in [1.82, 2.24) is 14.3 Å². The second-order valence-electron chi connectivity index (χ2n) is 4.98. The van der Waals surface area contributed by atoms with Gasteiger partial charge >= 0.3 is 0 Å². The maximum atomic E-state index is 12.1. The van der Waals surface area contributed by atoms with Crippen LogP contribution in [0.3, 0.4) is 0 Å². The van der Waals surface area contributed by atoms with E-state index in [0.717, 1.165) is 12.8 Å². The largest absolute Gasteiger partial charge is 0.387 e. The number of sulfonamides is 1. The van der Waals surface area contributed by atoms with Crippen LogP contribution < -0.4 is 0 Å². The summed E-state index contributed by atoms with van der Waals surface area (Å²) in [6.45, 7) is 2.12. The average Bonchev–Trinajstić information content (AvgIpc) is 2.97. The van der Waals surface area contributed by atoms with Crippen molar-refractivity contribution >= 4 is 10.0 Å². The lowest BCUT2D eigenvalue weighted by Gasteiger charge is -2.45. The van der Waals surface area contributed by atoms with Gasteiger partial charge in [0.05, 0.1) is 11.8 Å². The molecule has 7 heteroatoms. The smallest absolute Gasteiger partial charge is 0.260 e. The van der Waals surface area contributed by atoms with Crippen molar-refractivity contribution in [2.75, 3.05) is 13.1 Å². The van der Waals surface area contributed by atoms with E-state index in [1.807, 2.05) is 0 Å². The Kier molecular flexibility index (Phi) is 2.17. The summed E-state index contributed by atoms with van der Waals surface area (Å²) in [4.78, 5) is 6.60. The molecule has 1 aliphatic heterocycles. The Hall–Kier alpha value is -0.920. The summed E-state index contributed by atoms with van der Waals surface area (Å²) in [6, 6.07) is 0. The maximum Gasteiger partial charge on any atom is 0.260 e. The molecule has 17 heavy (non-hydrogen) atoms. The van der Waals surface area contributed by atoms with Crippen molar-refractivity contribution in [2.24, 2.45) is 5.92 Å². The van der Waals surface area contributed by atoms with Gasteiger partial charge < -0.3 is 10.1 Å². The van der Waals surface area contributed by atoms with Gasteiger partial charge in [-0.3, -0.25) is 0 Å². The summed E-state index contributed by atoms with van der Waals surface area (Å²) in [6.07, 6.45) is 3.33. The Labute approximate surface area is 99.7 Å². The molecule has 2 aliphatic rings. The molecule has 6 nitrogen and oxygen atoms in total. The lowest BCUT2D eigenvalue weighted by molar-refractivity contribution is -0.0765. The zero-order valence-electron chi connectivity index (χ0n) is 9.55. The van der Waals surface area contributed by atoms with Gasteiger partial charge in [-0.2, -0.15) is 4.31 Å². The summed E-state index contributed by atoms with van der Waals surface area (Å²) < 4.78 is 25.5. The van der Waals surface area contributed by atoms with E-state index >= 15 is 0 Å². The molecule has 0 aromatic carbocycles. The second-order valence-corrected chi connectivity index (χ2v) is 6.89. The van der Waals surface area contributed by atoms with Crippen LogP contribution in [0.25, 0.3) is 0 Å². The minimum atomic E-state index is -3.50. The highest BCUT2D eigenvalue weighted by Gasteiger charge is 2.55. The summed E-state index contributed by atoms with van der Waals surface area (Å²) in [5, 5.41) is 10.2. The molecule has 0 spiro atoms. The van der Waals surface area contributed by atoms with Gasteiger partial charge in [0.2, 0.25) is 0 Å². The lowest BCUT2D eigenvalue weighted by atomic mass is 9.91. The zero-order valence-corrected chi connectivity index (χ0v) is 10.4. The Balaban J connectivity index is 1.78. The molecule has 1 aromatic rings. The van der Waals surface area contributed by atoms with Crippen molar-refractivity contribution < 1.29 is 13.5 Å². The fourth-order valence-corrected chi connectivity index (χ4v) is 3.81. The monoisotopic (exact) mass is 257 g/mol. The molecule has 2 fully saturated rings. The van der Waals surface area contributed by atoms with Crippen LogP contribution in [-0.4, -0.2) is 46.5 Å². The number of nitrogens with zero attached hydrogens (tertiary/aromatic N) is 2. The fraction of sp³-hybridized carbons (Fsp3) is 0.700. The van der Waals surface area contributed by atoms with Gasteiger partial charge in [0.15, 0.2) is 5.03 Å². The maximum absolute atomic E-state index is 12.1. The van der Waals surface area contributed by atoms with E-state index in [-0.39, 0.29) is 24.0 Å². The summed E-state index contributed by atoms with van der Waals surface area (Å²) in [5.74, 6) is 0.860. The van der Waals surface area contributed by atoms with Crippen LogP contribution in [0.5, 0.6) is 0 Å². The topological polar surface area (TPSA) is 86.3 Å². The molecular weight excluding hydrogens is 242 g/mol. The van der Waals surface area contributed by atoms with Gasteiger partial charge in [-0.15, -0.1) is 0 Å². The first kappa shape index (κ1) is 11.2. The Morgan fingerprint density at radius 3 is 2.65 bits per heavy atom. The third kappa shape index (κ3) is 1.69. The number of hydrogen-bond acceptors (Lipinski definition) is 4. The molecule has 1 saturated carbocycles. The molecule has 1 aliphatic carbocycles. The Bertz CT molecular complexity index is 541. The SMILES string of the molecule is Cc1ncc(S(=O)(=O)N2CC(O)(C3CC3)C2)[nH]1. The molecule has 0 unspecified atom stereocenters. The number of imidazole rings is 1. The number of aromatic nitrogens is 2. The third-order valence-electron chi connectivity index (χ3n) is 3.53. The predicted molar refractivity (Wildman–Crippen MR) is 59.8 cm³/mol. The highest BCUT2D eigenvalue weighted by molar-refractivity contribution is 7.89. The first-order valence-electron chi connectivity index (χ1n) is 5.66.